The van der Waals surface area contributed by atoms with Crippen LogP contribution in [-0.2, 0) is 20.0 Å². The number of hydrogen-bond donors (Lipinski definition) is 1. The Morgan fingerprint density at radius 2 is 1.85 bits per heavy atom. The van der Waals surface area contributed by atoms with Crippen LogP contribution in [0.15, 0.2) is 27.7 Å². The molecule has 0 bridgehead atoms. The van der Waals surface area contributed by atoms with Gasteiger partial charge in [-0.25, -0.2) is 26.2 Å². The quantitative estimate of drug-likeness (QED) is 0.654. The summed E-state index contributed by atoms with van der Waals surface area (Å²) in [5.74, 6) is 0.0925. The maximum Gasteiger partial charge on any atom is 0.242 e. The highest BCUT2D eigenvalue weighted by atomic mass is 32.2. The fraction of sp³-hybridized carbons (Fsp3) is 0.571. The van der Waals surface area contributed by atoms with E-state index in [1.807, 2.05) is 4.90 Å². The number of rotatable bonds is 7. The van der Waals surface area contributed by atoms with E-state index in [9.17, 15) is 16.8 Å². The highest BCUT2D eigenvalue weighted by Crippen LogP contribution is 2.19. The molecular weight excluding hydrogens is 382 g/mol. The van der Waals surface area contributed by atoms with Gasteiger partial charge >= 0.3 is 0 Å². The third-order valence-electron chi connectivity index (χ3n) is 4.35. The number of fused-ring (bicyclic) bond motifs is 1. The van der Waals surface area contributed by atoms with Crippen molar-refractivity contribution in [3.8, 4) is 0 Å². The van der Waals surface area contributed by atoms with Crippen molar-refractivity contribution in [1.29, 1.82) is 0 Å². The van der Waals surface area contributed by atoms with Gasteiger partial charge in [0, 0.05) is 39.3 Å². The minimum Gasteiger partial charge on any atom is -0.299 e. The molecule has 3 rings (SSSR count). The van der Waals surface area contributed by atoms with E-state index in [2.05, 4.69) is 19.7 Å². The van der Waals surface area contributed by atoms with Crippen LogP contribution in [-0.4, -0.2) is 81.4 Å². The van der Waals surface area contributed by atoms with Crippen molar-refractivity contribution in [3.05, 3.63) is 18.2 Å². The number of hydrogen-bond acceptors (Lipinski definition) is 8. The largest absolute Gasteiger partial charge is 0.299 e. The molecule has 0 atom stereocenters. The zero-order valence-electron chi connectivity index (χ0n) is 14.3. The number of piperazine rings is 1. The van der Waals surface area contributed by atoms with Gasteiger partial charge in [-0.2, -0.15) is 4.31 Å². The van der Waals surface area contributed by atoms with Crippen LogP contribution in [0.1, 0.15) is 6.92 Å². The van der Waals surface area contributed by atoms with Crippen molar-refractivity contribution in [2.75, 3.05) is 45.0 Å². The van der Waals surface area contributed by atoms with Crippen LogP contribution in [0.5, 0.6) is 0 Å². The predicted molar refractivity (Wildman–Crippen MR) is 94.5 cm³/mol. The SMILES string of the molecule is CCS(=O)(=O)N1CCN(CCNS(=O)(=O)c2cccc3nonc23)CC1. The second-order valence-corrected chi connectivity index (χ2v) is 9.92. The van der Waals surface area contributed by atoms with Crippen LogP contribution in [0.2, 0.25) is 0 Å². The van der Waals surface area contributed by atoms with E-state index in [0.717, 1.165) is 0 Å². The fourth-order valence-electron chi connectivity index (χ4n) is 2.83. The van der Waals surface area contributed by atoms with E-state index < -0.39 is 20.0 Å². The van der Waals surface area contributed by atoms with Crippen molar-refractivity contribution in [2.24, 2.45) is 0 Å². The minimum absolute atomic E-state index is 0.0232. The Labute approximate surface area is 152 Å². The first-order valence-electron chi connectivity index (χ1n) is 8.24. The Hall–Kier alpha value is -1.60. The Kier molecular flexibility index (Phi) is 5.58. The molecule has 10 nitrogen and oxygen atoms in total. The van der Waals surface area contributed by atoms with Gasteiger partial charge in [-0.1, -0.05) is 6.07 Å². The summed E-state index contributed by atoms with van der Waals surface area (Å²) in [6, 6.07) is 4.65. The molecule has 12 heteroatoms. The molecule has 1 aliphatic rings. The molecule has 0 saturated carbocycles. The molecule has 0 amide bonds. The van der Waals surface area contributed by atoms with E-state index in [0.29, 0.717) is 38.2 Å². The summed E-state index contributed by atoms with van der Waals surface area (Å²) in [5.41, 5.74) is 0.569. The first-order chi connectivity index (χ1) is 12.3. The monoisotopic (exact) mass is 403 g/mol. The Morgan fingerprint density at radius 1 is 1.12 bits per heavy atom. The second-order valence-electron chi connectivity index (χ2n) is 5.93. The average Bonchev–Trinajstić information content (AvgIpc) is 3.10. The van der Waals surface area contributed by atoms with Gasteiger partial charge in [0.1, 0.15) is 10.4 Å². The maximum atomic E-state index is 12.5. The molecule has 1 aromatic carbocycles. The van der Waals surface area contributed by atoms with Crippen molar-refractivity contribution in [1.82, 2.24) is 24.2 Å². The predicted octanol–water partition coefficient (Wildman–Crippen LogP) is -0.532. The maximum absolute atomic E-state index is 12.5. The molecule has 144 valence electrons. The molecule has 2 heterocycles. The van der Waals surface area contributed by atoms with E-state index in [1.165, 1.54) is 10.4 Å². The molecule has 26 heavy (non-hydrogen) atoms. The van der Waals surface area contributed by atoms with Crippen LogP contribution in [0, 0.1) is 0 Å². The van der Waals surface area contributed by atoms with E-state index in [4.69, 9.17) is 0 Å². The van der Waals surface area contributed by atoms with Crippen LogP contribution in [0.3, 0.4) is 0 Å². The van der Waals surface area contributed by atoms with Crippen molar-refractivity contribution >= 4 is 31.1 Å². The summed E-state index contributed by atoms with van der Waals surface area (Å²) in [6.45, 7) is 4.32. The van der Waals surface area contributed by atoms with Gasteiger partial charge in [-0.3, -0.25) is 4.90 Å². The Morgan fingerprint density at radius 3 is 2.54 bits per heavy atom. The first-order valence-corrected chi connectivity index (χ1v) is 11.3. The smallest absolute Gasteiger partial charge is 0.242 e. The first kappa shape index (κ1) is 19.2. The number of aromatic nitrogens is 2. The molecule has 0 unspecified atom stereocenters. The summed E-state index contributed by atoms with van der Waals surface area (Å²) in [6.07, 6.45) is 0. The third kappa shape index (κ3) is 4.04. The average molecular weight is 403 g/mol. The number of sulfonamides is 2. The lowest BCUT2D eigenvalue weighted by molar-refractivity contribution is 0.191. The van der Waals surface area contributed by atoms with E-state index in [-0.39, 0.29) is 22.7 Å². The second kappa shape index (κ2) is 7.56. The topological polar surface area (TPSA) is 126 Å². The van der Waals surface area contributed by atoms with E-state index in [1.54, 1.807) is 19.1 Å². The zero-order chi connectivity index (χ0) is 18.8. The normalized spacial score (nSPS) is 17.7. The molecule has 1 saturated heterocycles. The van der Waals surface area contributed by atoms with Crippen molar-refractivity contribution in [2.45, 2.75) is 11.8 Å². The molecule has 0 aliphatic carbocycles. The lowest BCUT2D eigenvalue weighted by Gasteiger charge is -2.33. The van der Waals surface area contributed by atoms with E-state index >= 15 is 0 Å². The van der Waals surface area contributed by atoms with Gasteiger partial charge in [-0.05, 0) is 29.4 Å². The summed E-state index contributed by atoms with van der Waals surface area (Å²) in [5, 5.41) is 7.28. The van der Waals surface area contributed by atoms with Gasteiger partial charge < -0.3 is 0 Å². The van der Waals surface area contributed by atoms with Gasteiger partial charge in [0.05, 0.1) is 5.75 Å². The fourth-order valence-corrected chi connectivity index (χ4v) is 5.08. The highest BCUT2D eigenvalue weighted by Gasteiger charge is 2.26. The lowest BCUT2D eigenvalue weighted by atomic mass is 10.3. The standard InChI is InChI=1S/C14H21N5O5S2/c1-2-25(20,21)19-10-8-18(9-11-19)7-6-15-26(22,23)13-5-3-4-12-14(13)17-24-16-12/h3-5,15H,2,6-11H2,1H3. The Balaban J connectivity index is 1.55. The van der Waals surface area contributed by atoms with Gasteiger partial charge in [0.2, 0.25) is 20.0 Å². The summed E-state index contributed by atoms with van der Waals surface area (Å²) < 4.78 is 57.3. The molecule has 1 N–H and O–H groups in total. The highest BCUT2D eigenvalue weighted by molar-refractivity contribution is 7.89. The number of nitrogens with one attached hydrogen (secondary N) is 1. The van der Waals surface area contributed by atoms with Crippen LogP contribution >= 0.6 is 0 Å². The number of nitrogens with zero attached hydrogens (tertiary/aromatic N) is 4. The summed E-state index contributed by atoms with van der Waals surface area (Å²) in [4.78, 5) is 2.05. The minimum atomic E-state index is -3.74. The summed E-state index contributed by atoms with van der Waals surface area (Å²) >= 11 is 0. The molecule has 1 fully saturated rings. The molecule has 1 aliphatic heterocycles. The van der Waals surface area contributed by atoms with Gasteiger partial charge in [-0.15, -0.1) is 0 Å². The summed E-state index contributed by atoms with van der Waals surface area (Å²) in [7, 11) is -6.91. The lowest BCUT2D eigenvalue weighted by Crippen LogP contribution is -2.50. The van der Waals surface area contributed by atoms with Crippen molar-refractivity contribution < 1.29 is 21.5 Å². The number of benzene rings is 1. The van der Waals surface area contributed by atoms with Crippen LogP contribution < -0.4 is 4.72 Å². The Bertz CT molecular complexity index is 965. The van der Waals surface area contributed by atoms with Crippen LogP contribution in [0.4, 0.5) is 0 Å². The molecular formula is C14H21N5O5S2. The van der Waals surface area contributed by atoms with Crippen molar-refractivity contribution in [3.63, 3.8) is 0 Å². The van der Waals surface area contributed by atoms with Crippen LogP contribution in [0.25, 0.3) is 11.0 Å². The molecule has 2 aromatic rings. The molecule has 0 radical (unpaired) electrons. The van der Waals surface area contributed by atoms with Gasteiger partial charge in [0.15, 0.2) is 5.52 Å². The molecule has 1 aromatic heterocycles. The third-order valence-corrected chi connectivity index (χ3v) is 7.72. The molecule has 0 spiro atoms. The zero-order valence-corrected chi connectivity index (χ0v) is 16.0. The van der Waals surface area contributed by atoms with Gasteiger partial charge in [0.25, 0.3) is 0 Å².